The molecule has 1 saturated carbocycles. The molecule has 2 amide bonds. The molecule has 0 saturated heterocycles. The molecule has 1 aromatic carbocycles. The van der Waals surface area contributed by atoms with E-state index in [4.69, 9.17) is 4.74 Å². The first-order valence-corrected chi connectivity index (χ1v) is 10.7. The van der Waals surface area contributed by atoms with Crippen molar-refractivity contribution in [1.29, 1.82) is 0 Å². The summed E-state index contributed by atoms with van der Waals surface area (Å²) in [4.78, 5) is 31.2. The van der Waals surface area contributed by atoms with Crippen LogP contribution in [0.4, 0.5) is 5.69 Å². The van der Waals surface area contributed by atoms with E-state index in [0.717, 1.165) is 19.5 Å². The lowest BCUT2D eigenvalue weighted by atomic mass is 9.98. The van der Waals surface area contributed by atoms with Crippen molar-refractivity contribution in [2.24, 2.45) is 0 Å². The highest BCUT2D eigenvalue weighted by Gasteiger charge is 2.55. The van der Waals surface area contributed by atoms with Crippen LogP contribution in [0.15, 0.2) is 36.5 Å². The Morgan fingerprint density at radius 1 is 1.35 bits per heavy atom. The molecule has 1 fully saturated rings. The number of nitrogens with one attached hydrogen (secondary N) is 2. The van der Waals surface area contributed by atoms with Crippen molar-refractivity contribution in [2.45, 2.75) is 50.5 Å². The number of ether oxygens (including phenoxy) is 1. The molecule has 8 heteroatoms. The Kier molecular flexibility index (Phi) is 4.91. The Balaban J connectivity index is 1.18. The lowest BCUT2D eigenvalue weighted by Crippen LogP contribution is -2.48. The van der Waals surface area contributed by atoms with Gasteiger partial charge < -0.3 is 20.5 Å². The molecule has 0 bridgehead atoms. The van der Waals surface area contributed by atoms with Gasteiger partial charge in [-0.1, -0.05) is 24.3 Å². The minimum atomic E-state index is -0.765. The van der Waals surface area contributed by atoms with Crippen LogP contribution in [0.5, 0.6) is 5.88 Å². The van der Waals surface area contributed by atoms with Gasteiger partial charge in [0.05, 0.1) is 11.7 Å². The van der Waals surface area contributed by atoms with Crippen molar-refractivity contribution in [2.75, 3.05) is 18.4 Å². The molecule has 0 unspecified atom stereocenters. The molecular weight excluding hydrogens is 396 g/mol. The minimum Gasteiger partial charge on any atom is -0.459 e. The third-order valence-electron chi connectivity index (χ3n) is 6.54. The fraction of sp³-hybridized carbons (Fsp3) is 0.435. The predicted molar refractivity (Wildman–Crippen MR) is 114 cm³/mol. The summed E-state index contributed by atoms with van der Waals surface area (Å²) in [6.07, 6.45) is 3.04. The third kappa shape index (κ3) is 3.77. The molecule has 1 aromatic heterocycles. The van der Waals surface area contributed by atoms with E-state index in [1.807, 2.05) is 13.0 Å². The second-order valence-electron chi connectivity index (χ2n) is 8.63. The van der Waals surface area contributed by atoms with E-state index in [-0.39, 0.29) is 24.4 Å². The Bertz CT molecular complexity index is 1040. The monoisotopic (exact) mass is 422 g/mol. The van der Waals surface area contributed by atoms with Gasteiger partial charge in [-0.3, -0.25) is 14.5 Å². The summed E-state index contributed by atoms with van der Waals surface area (Å²) in [5.74, 6) is -0.203. The van der Waals surface area contributed by atoms with Gasteiger partial charge in [0.25, 0.3) is 11.8 Å². The zero-order valence-electron chi connectivity index (χ0n) is 17.4. The smallest absolute Gasteiger partial charge is 0.268 e. The van der Waals surface area contributed by atoms with Crippen LogP contribution >= 0.6 is 0 Å². The summed E-state index contributed by atoms with van der Waals surface area (Å²) < 4.78 is 5.70. The number of fused-ring (bicyclic) bond motifs is 2. The average Bonchev–Trinajstić information content (AvgIpc) is 3.57. The summed E-state index contributed by atoms with van der Waals surface area (Å²) >= 11 is 0. The maximum atomic E-state index is 12.6. The third-order valence-corrected chi connectivity index (χ3v) is 6.54. The molecular formula is C23H26N4O4. The average molecular weight is 422 g/mol. The highest BCUT2D eigenvalue weighted by atomic mass is 16.5. The Labute approximate surface area is 180 Å². The van der Waals surface area contributed by atoms with Gasteiger partial charge in [-0.15, -0.1) is 0 Å². The highest BCUT2D eigenvalue weighted by Crippen LogP contribution is 2.45. The molecule has 2 atom stereocenters. The Morgan fingerprint density at radius 2 is 2.13 bits per heavy atom. The molecule has 3 aliphatic rings. The summed E-state index contributed by atoms with van der Waals surface area (Å²) in [7, 11) is 0. The first kappa shape index (κ1) is 20.0. The van der Waals surface area contributed by atoms with Crippen LogP contribution in [0, 0.1) is 0 Å². The van der Waals surface area contributed by atoms with Crippen molar-refractivity contribution < 1.29 is 19.4 Å². The fourth-order valence-corrected chi connectivity index (χ4v) is 4.24. The summed E-state index contributed by atoms with van der Waals surface area (Å²) in [6.45, 7) is 3.77. The molecule has 2 aromatic rings. The van der Waals surface area contributed by atoms with Crippen LogP contribution in [0.1, 0.15) is 41.3 Å². The Hall–Kier alpha value is -2.97. The quantitative estimate of drug-likeness (QED) is 0.675. The lowest BCUT2D eigenvalue weighted by molar-refractivity contribution is -0.125. The molecule has 1 spiro atoms. The maximum Gasteiger partial charge on any atom is 0.268 e. The molecule has 0 radical (unpaired) electrons. The largest absolute Gasteiger partial charge is 0.459 e. The number of benzene rings is 1. The first-order chi connectivity index (χ1) is 14.9. The second-order valence-corrected chi connectivity index (χ2v) is 8.63. The lowest BCUT2D eigenvalue weighted by Gasteiger charge is -2.36. The van der Waals surface area contributed by atoms with Crippen LogP contribution in [-0.2, 0) is 17.8 Å². The maximum absolute atomic E-state index is 12.6. The molecule has 5 rings (SSSR count). The van der Waals surface area contributed by atoms with E-state index in [9.17, 15) is 14.7 Å². The zero-order chi connectivity index (χ0) is 21.6. The van der Waals surface area contributed by atoms with E-state index >= 15 is 0 Å². The number of hydrogen-bond donors (Lipinski definition) is 3. The van der Waals surface area contributed by atoms with Gasteiger partial charge >= 0.3 is 0 Å². The van der Waals surface area contributed by atoms with Crippen LogP contribution in [0.3, 0.4) is 0 Å². The van der Waals surface area contributed by atoms with E-state index in [0.29, 0.717) is 30.0 Å². The molecule has 8 nitrogen and oxygen atoms in total. The van der Waals surface area contributed by atoms with Crippen molar-refractivity contribution in [3.8, 4) is 5.88 Å². The number of hydrogen-bond acceptors (Lipinski definition) is 6. The number of aliphatic hydroxyl groups excluding tert-OH is 1. The number of amides is 2. The normalized spacial score (nSPS) is 20.6. The van der Waals surface area contributed by atoms with Gasteiger partial charge in [-0.05, 0) is 30.5 Å². The van der Waals surface area contributed by atoms with Gasteiger partial charge in [0.1, 0.15) is 5.69 Å². The van der Waals surface area contributed by atoms with Gasteiger partial charge in [0.2, 0.25) is 5.88 Å². The topological polar surface area (TPSA) is 104 Å². The molecule has 2 aliphatic heterocycles. The van der Waals surface area contributed by atoms with Crippen molar-refractivity contribution in [3.63, 3.8) is 0 Å². The number of aliphatic hydroxyl groups is 1. The summed E-state index contributed by atoms with van der Waals surface area (Å²) in [5.41, 5.74) is 2.59. The number of pyridine rings is 1. The number of carbonyl (C=O) groups is 2. The van der Waals surface area contributed by atoms with Gasteiger partial charge in [0.15, 0.2) is 5.60 Å². The standard InChI is InChI=1S/C23H26N4O4/c1-14(27-9-6-15-4-2-3-5-16(15)13-27)19(28)12-24-20(29)17-10-18-21(25-11-17)31-23(7-8-23)22(30)26-18/h2-5,10-11,14,19,28H,6-9,12-13H2,1H3,(H,24,29)(H,26,30)/t14-,19+/m0/s1. The van der Waals surface area contributed by atoms with Gasteiger partial charge in [-0.25, -0.2) is 4.98 Å². The summed E-state index contributed by atoms with van der Waals surface area (Å²) in [5, 5.41) is 16.2. The van der Waals surface area contributed by atoms with Crippen molar-refractivity contribution >= 4 is 17.5 Å². The zero-order valence-corrected chi connectivity index (χ0v) is 17.4. The first-order valence-electron chi connectivity index (χ1n) is 10.7. The SMILES string of the molecule is C[C@@H]([C@H](O)CNC(=O)c1cnc2c(c1)NC(=O)C1(CC1)O2)N1CCc2ccccc2C1. The van der Waals surface area contributed by atoms with Crippen LogP contribution in [-0.4, -0.2) is 57.6 Å². The molecule has 1 aliphatic carbocycles. The van der Waals surface area contributed by atoms with Crippen LogP contribution in [0.2, 0.25) is 0 Å². The predicted octanol–water partition coefficient (Wildman–Crippen LogP) is 1.48. The molecule has 31 heavy (non-hydrogen) atoms. The molecule has 3 N–H and O–H groups in total. The number of nitrogens with zero attached hydrogens (tertiary/aromatic N) is 2. The van der Waals surface area contributed by atoms with E-state index in [1.165, 1.54) is 17.3 Å². The fourth-order valence-electron chi connectivity index (χ4n) is 4.24. The van der Waals surface area contributed by atoms with E-state index in [2.05, 4.69) is 38.7 Å². The number of rotatable bonds is 5. The minimum absolute atomic E-state index is 0.0993. The van der Waals surface area contributed by atoms with E-state index < -0.39 is 11.7 Å². The van der Waals surface area contributed by atoms with Gasteiger partial charge in [0, 0.05) is 44.7 Å². The number of carbonyl (C=O) groups excluding carboxylic acids is 2. The number of aromatic nitrogens is 1. The number of anilines is 1. The van der Waals surface area contributed by atoms with Crippen LogP contribution in [0.25, 0.3) is 0 Å². The highest BCUT2D eigenvalue weighted by molar-refractivity contribution is 6.03. The van der Waals surface area contributed by atoms with Crippen molar-refractivity contribution in [1.82, 2.24) is 15.2 Å². The molecule has 3 heterocycles. The van der Waals surface area contributed by atoms with Crippen molar-refractivity contribution in [3.05, 3.63) is 53.2 Å². The van der Waals surface area contributed by atoms with Gasteiger partial charge in [-0.2, -0.15) is 0 Å². The van der Waals surface area contributed by atoms with E-state index in [1.54, 1.807) is 6.07 Å². The second kappa shape index (κ2) is 7.62. The Morgan fingerprint density at radius 3 is 2.90 bits per heavy atom. The molecule has 162 valence electrons. The summed E-state index contributed by atoms with van der Waals surface area (Å²) in [6, 6.07) is 9.82. The van der Waals surface area contributed by atoms with Crippen LogP contribution < -0.4 is 15.4 Å².